The van der Waals surface area contributed by atoms with Gasteiger partial charge in [0.1, 0.15) is 6.54 Å². The molecule has 6 nitrogen and oxygen atoms in total. The van der Waals surface area contributed by atoms with Crippen LogP contribution >= 0.6 is 35.3 Å². The van der Waals surface area contributed by atoms with Gasteiger partial charge in [-0.3, -0.25) is 4.79 Å². The summed E-state index contributed by atoms with van der Waals surface area (Å²) in [5, 5.41) is 5.54. The number of carbonyl (C=O) groups is 1. The van der Waals surface area contributed by atoms with Gasteiger partial charge in [0.15, 0.2) is 5.96 Å². The van der Waals surface area contributed by atoms with Crippen molar-refractivity contribution < 1.29 is 9.53 Å². The third kappa shape index (κ3) is 7.79. The maximum atomic E-state index is 11.9. The molecule has 1 N–H and O–H groups in total. The zero-order valence-electron chi connectivity index (χ0n) is 15.9. The second-order valence-corrected chi connectivity index (χ2v) is 7.48. The van der Waals surface area contributed by atoms with Crippen molar-refractivity contribution in [1.82, 2.24) is 15.1 Å². The van der Waals surface area contributed by atoms with Crippen LogP contribution in [0.3, 0.4) is 0 Å². The van der Waals surface area contributed by atoms with E-state index < -0.39 is 0 Å². The summed E-state index contributed by atoms with van der Waals surface area (Å²) in [4.78, 5) is 21.6. The number of nitrogens with one attached hydrogen (secondary N) is 1. The SMILES string of the molecule is CCOCC1CCN(C(=NCC(=O)N(C)C)NCCc2cccs2)C1.I. The summed E-state index contributed by atoms with van der Waals surface area (Å²) in [5.74, 6) is 1.39. The van der Waals surface area contributed by atoms with Crippen molar-refractivity contribution in [2.24, 2.45) is 10.9 Å². The first kappa shape index (κ1) is 23.2. The van der Waals surface area contributed by atoms with Gasteiger partial charge in [-0.1, -0.05) is 6.07 Å². The van der Waals surface area contributed by atoms with Gasteiger partial charge in [-0.05, 0) is 31.2 Å². The van der Waals surface area contributed by atoms with Gasteiger partial charge in [-0.15, -0.1) is 35.3 Å². The Bertz CT molecular complexity index is 551. The number of hydrogen-bond acceptors (Lipinski definition) is 4. The summed E-state index contributed by atoms with van der Waals surface area (Å²) >= 11 is 1.77. The minimum Gasteiger partial charge on any atom is -0.381 e. The largest absolute Gasteiger partial charge is 0.381 e. The summed E-state index contributed by atoms with van der Waals surface area (Å²) in [5.41, 5.74) is 0. The Hall–Kier alpha value is -0.870. The predicted octanol–water partition coefficient (Wildman–Crippen LogP) is 2.30. The highest BCUT2D eigenvalue weighted by atomic mass is 127. The topological polar surface area (TPSA) is 57.2 Å². The van der Waals surface area contributed by atoms with Crippen LogP contribution in [0.1, 0.15) is 18.2 Å². The summed E-state index contributed by atoms with van der Waals surface area (Å²) < 4.78 is 5.56. The van der Waals surface area contributed by atoms with Gasteiger partial charge in [0.25, 0.3) is 0 Å². The minimum absolute atomic E-state index is 0. The van der Waals surface area contributed by atoms with E-state index >= 15 is 0 Å². The molecule has 0 aromatic carbocycles. The zero-order chi connectivity index (χ0) is 18.1. The van der Waals surface area contributed by atoms with Crippen molar-refractivity contribution in [1.29, 1.82) is 0 Å². The van der Waals surface area contributed by atoms with Gasteiger partial charge < -0.3 is 19.9 Å². The van der Waals surface area contributed by atoms with E-state index in [2.05, 4.69) is 32.7 Å². The molecule has 8 heteroatoms. The summed E-state index contributed by atoms with van der Waals surface area (Å²) in [6.45, 7) is 6.47. The number of halogens is 1. The lowest BCUT2D eigenvalue weighted by atomic mass is 10.1. The molecule has 1 unspecified atom stereocenters. The highest BCUT2D eigenvalue weighted by Crippen LogP contribution is 2.17. The smallest absolute Gasteiger partial charge is 0.243 e. The first-order valence-corrected chi connectivity index (χ1v) is 9.81. The zero-order valence-corrected chi connectivity index (χ0v) is 19.1. The molecular formula is C18H31IN4O2S. The average Bonchev–Trinajstić information content (AvgIpc) is 3.27. The number of likely N-dealkylation sites (tertiary alicyclic amines) is 1. The molecule has 1 aliphatic rings. The molecule has 26 heavy (non-hydrogen) atoms. The standard InChI is InChI=1S/C18H30N4O2S.HI/c1-4-24-14-15-8-10-22(13-15)18(20-12-17(23)21(2)3)19-9-7-16-6-5-11-25-16;/h5-6,11,15H,4,7-10,12-14H2,1-3H3,(H,19,20);1H. The van der Waals surface area contributed by atoms with Crippen LogP contribution in [0, 0.1) is 5.92 Å². The average molecular weight is 494 g/mol. The van der Waals surface area contributed by atoms with Crippen molar-refractivity contribution in [2.45, 2.75) is 19.8 Å². The van der Waals surface area contributed by atoms with Crippen molar-refractivity contribution in [2.75, 3.05) is 53.5 Å². The van der Waals surface area contributed by atoms with E-state index in [4.69, 9.17) is 4.74 Å². The Labute approximate surface area is 178 Å². The van der Waals surface area contributed by atoms with Crippen LogP contribution in [0.4, 0.5) is 0 Å². The quantitative estimate of drug-likeness (QED) is 0.343. The number of ether oxygens (including phenoxy) is 1. The number of likely N-dealkylation sites (N-methyl/N-ethyl adjacent to an activating group) is 1. The van der Waals surface area contributed by atoms with Gasteiger partial charge in [-0.2, -0.15) is 0 Å². The highest BCUT2D eigenvalue weighted by Gasteiger charge is 2.25. The molecule has 0 bridgehead atoms. The lowest BCUT2D eigenvalue weighted by Crippen LogP contribution is -2.42. The molecule has 0 aliphatic carbocycles. The van der Waals surface area contributed by atoms with Crippen LogP contribution in [0.2, 0.25) is 0 Å². The molecule has 2 rings (SSSR count). The van der Waals surface area contributed by atoms with Gasteiger partial charge in [0.2, 0.25) is 5.91 Å². The monoisotopic (exact) mass is 494 g/mol. The number of guanidine groups is 1. The fourth-order valence-electron chi connectivity index (χ4n) is 2.75. The summed E-state index contributed by atoms with van der Waals surface area (Å²) in [6, 6.07) is 4.22. The fourth-order valence-corrected chi connectivity index (χ4v) is 3.46. The lowest BCUT2D eigenvalue weighted by molar-refractivity contribution is -0.127. The fraction of sp³-hybridized carbons (Fsp3) is 0.667. The Morgan fingerprint density at radius 2 is 2.31 bits per heavy atom. The first-order chi connectivity index (χ1) is 12.1. The van der Waals surface area contributed by atoms with E-state index in [0.29, 0.717) is 5.92 Å². The third-order valence-electron chi connectivity index (χ3n) is 4.24. The first-order valence-electron chi connectivity index (χ1n) is 8.93. The minimum atomic E-state index is 0. The summed E-state index contributed by atoms with van der Waals surface area (Å²) in [6.07, 6.45) is 2.07. The maximum absolute atomic E-state index is 11.9. The Morgan fingerprint density at radius 3 is 2.96 bits per heavy atom. The normalized spacial score (nSPS) is 17.1. The molecule has 2 heterocycles. The third-order valence-corrected chi connectivity index (χ3v) is 5.18. The Morgan fingerprint density at radius 1 is 1.50 bits per heavy atom. The highest BCUT2D eigenvalue weighted by molar-refractivity contribution is 14.0. The predicted molar refractivity (Wildman–Crippen MR) is 119 cm³/mol. The van der Waals surface area contributed by atoms with Crippen LogP contribution in [0.15, 0.2) is 22.5 Å². The van der Waals surface area contributed by atoms with Crippen molar-refractivity contribution in [3.63, 3.8) is 0 Å². The molecular weight excluding hydrogens is 463 g/mol. The molecule has 1 aromatic heterocycles. The van der Waals surface area contributed by atoms with Crippen LogP contribution in [-0.2, 0) is 16.0 Å². The molecule has 0 saturated carbocycles. The van der Waals surface area contributed by atoms with Crippen LogP contribution in [0.25, 0.3) is 0 Å². The molecule has 1 aliphatic heterocycles. The van der Waals surface area contributed by atoms with Gasteiger partial charge in [-0.25, -0.2) is 4.99 Å². The van der Waals surface area contributed by atoms with Gasteiger partial charge >= 0.3 is 0 Å². The number of aliphatic imine (C=N–C) groups is 1. The van der Waals surface area contributed by atoms with E-state index in [1.165, 1.54) is 4.88 Å². The number of hydrogen-bond donors (Lipinski definition) is 1. The molecule has 0 spiro atoms. The molecule has 1 saturated heterocycles. The maximum Gasteiger partial charge on any atom is 0.243 e. The van der Waals surface area contributed by atoms with E-state index in [0.717, 1.165) is 51.6 Å². The van der Waals surface area contributed by atoms with Crippen LogP contribution in [-0.4, -0.2) is 75.2 Å². The Kier molecular flexibility index (Phi) is 11.1. The molecule has 1 aromatic rings. The van der Waals surface area contributed by atoms with E-state index in [1.54, 1.807) is 30.3 Å². The molecule has 1 atom stereocenters. The Balaban J connectivity index is 0.00000338. The number of carbonyl (C=O) groups excluding carboxylic acids is 1. The summed E-state index contributed by atoms with van der Waals surface area (Å²) in [7, 11) is 3.52. The van der Waals surface area contributed by atoms with Crippen molar-refractivity contribution in [3.8, 4) is 0 Å². The molecule has 0 radical (unpaired) electrons. The van der Waals surface area contributed by atoms with E-state index in [-0.39, 0.29) is 36.4 Å². The number of thiophene rings is 1. The van der Waals surface area contributed by atoms with Crippen molar-refractivity contribution in [3.05, 3.63) is 22.4 Å². The van der Waals surface area contributed by atoms with Crippen LogP contribution < -0.4 is 5.32 Å². The number of nitrogens with zero attached hydrogens (tertiary/aromatic N) is 3. The number of rotatable bonds is 8. The molecule has 1 amide bonds. The molecule has 1 fully saturated rings. The van der Waals surface area contributed by atoms with E-state index in [9.17, 15) is 4.79 Å². The second-order valence-electron chi connectivity index (χ2n) is 6.44. The lowest BCUT2D eigenvalue weighted by Gasteiger charge is -2.22. The van der Waals surface area contributed by atoms with Crippen LogP contribution in [0.5, 0.6) is 0 Å². The number of amides is 1. The van der Waals surface area contributed by atoms with Gasteiger partial charge in [0, 0.05) is 51.1 Å². The molecule has 148 valence electrons. The second kappa shape index (κ2) is 12.5. The van der Waals surface area contributed by atoms with Gasteiger partial charge in [0.05, 0.1) is 6.61 Å². The van der Waals surface area contributed by atoms with E-state index in [1.807, 2.05) is 6.92 Å². The van der Waals surface area contributed by atoms with Crippen molar-refractivity contribution >= 4 is 47.2 Å².